The number of nitrogens with zero attached hydrogens (tertiary/aromatic N) is 4. The molecular weight excluding hydrogens is 603 g/mol. The van der Waals surface area contributed by atoms with E-state index >= 15 is 4.39 Å². The Morgan fingerprint density at radius 2 is 1.83 bits per heavy atom. The van der Waals surface area contributed by atoms with Gasteiger partial charge in [-0.05, 0) is 43.5 Å². The summed E-state index contributed by atoms with van der Waals surface area (Å²) in [7, 11) is 3.33. The summed E-state index contributed by atoms with van der Waals surface area (Å²) in [4.78, 5) is 20.0. The molecule has 47 heavy (non-hydrogen) atoms. The largest absolute Gasteiger partial charge is 0.493 e. The number of carbonyl (C=O) groups is 1. The summed E-state index contributed by atoms with van der Waals surface area (Å²) in [5.41, 5.74) is 1.49. The number of aryl methyl sites for hydroxylation is 1. The van der Waals surface area contributed by atoms with Crippen molar-refractivity contribution in [3.63, 3.8) is 0 Å². The van der Waals surface area contributed by atoms with Gasteiger partial charge in [0, 0.05) is 68.3 Å². The van der Waals surface area contributed by atoms with Gasteiger partial charge >= 0.3 is 0 Å². The van der Waals surface area contributed by atoms with E-state index in [1.54, 1.807) is 55.5 Å². The molecule has 1 saturated heterocycles. The molecule has 1 aliphatic carbocycles. The molecule has 0 bridgehead atoms. The molecule has 3 heterocycles. The number of rotatable bonds is 12. The van der Waals surface area contributed by atoms with Crippen LogP contribution in [0.25, 0.3) is 10.9 Å². The zero-order valence-electron chi connectivity index (χ0n) is 27.1. The van der Waals surface area contributed by atoms with Gasteiger partial charge in [-0.2, -0.15) is 5.10 Å². The number of amides is 1. The van der Waals surface area contributed by atoms with Crippen LogP contribution in [-0.4, -0.2) is 78.2 Å². The predicted molar refractivity (Wildman–Crippen MR) is 178 cm³/mol. The molecule has 0 spiro atoms. The van der Waals surface area contributed by atoms with Crippen LogP contribution in [0.1, 0.15) is 55.3 Å². The molecule has 2 fully saturated rings. The number of methoxy groups -OCH3 is 1. The van der Waals surface area contributed by atoms with E-state index in [9.17, 15) is 4.79 Å². The Balaban J connectivity index is 1.12. The van der Waals surface area contributed by atoms with Gasteiger partial charge in [0.2, 0.25) is 0 Å². The maximum atomic E-state index is 15.4. The van der Waals surface area contributed by atoms with Crippen molar-refractivity contribution < 1.29 is 28.1 Å². The fourth-order valence-corrected chi connectivity index (χ4v) is 6.14. The fourth-order valence-electron chi connectivity index (χ4n) is 6.14. The minimum atomic E-state index is -0.576. The van der Waals surface area contributed by atoms with Crippen molar-refractivity contribution in [2.75, 3.05) is 51.9 Å². The second-order valence-corrected chi connectivity index (χ2v) is 12.1. The van der Waals surface area contributed by atoms with Crippen molar-refractivity contribution >= 4 is 28.3 Å². The van der Waals surface area contributed by atoms with Crippen molar-refractivity contribution in [1.82, 2.24) is 25.0 Å². The molecular formula is C35H43FN6O5. The molecule has 0 atom stereocenters. The number of morpholine rings is 1. The molecule has 0 unspecified atom stereocenters. The number of pyridine rings is 1. The van der Waals surface area contributed by atoms with Crippen LogP contribution in [0.5, 0.6) is 23.0 Å². The van der Waals surface area contributed by atoms with E-state index in [1.165, 1.54) is 18.9 Å². The first-order chi connectivity index (χ1) is 23.0. The van der Waals surface area contributed by atoms with Crippen molar-refractivity contribution in [2.45, 2.75) is 51.0 Å². The Kier molecular flexibility index (Phi) is 10.7. The summed E-state index contributed by atoms with van der Waals surface area (Å²) >= 11 is 0. The Hall–Kier alpha value is -4.42. The molecule has 11 nitrogen and oxygen atoms in total. The van der Waals surface area contributed by atoms with Gasteiger partial charge in [-0.1, -0.05) is 25.7 Å². The third-order valence-electron chi connectivity index (χ3n) is 8.65. The molecule has 2 aromatic carbocycles. The Morgan fingerprint density at radius 3 is 2.60 bits per heavy atom. The summed E-state index contributed by atoms with van der Waals surface area (Å²) in [5, 5.41) is 11.3. The average Bonchev–Trinajstić information content (AvgIpc) is 3.26. The van der Waals surface area contributed by atoms with E-state index in [4.69, 9.17) is 18.9 Å². The van der Waals surface area contributed by atoms with Crippen LogP contribution in [0.15, 0.2) is 48.8 Å². The third-order valence-corrected chi connectivity index (χ3v) is 8.65. The molecule has 6 rings (SSSR count). The topological polar surface area (TPSA) is 112 Å². The second kappa shape index (κ2) is 15.4. The molecule has 12 heteroatoms. The maximum absolute atomic E-state index is 15.4. The van der Waals surface area contributed by atoms with E-state index < -0.39 is 5.82 Å². The lowest BCUT2D eigenvalue weighted by Crippen LogP contribution is -2.37. The van der Waals surface area contributed by atoms with Gasteiger partial charge in [0.05, 0.1) is 32.4 Å². The van der Waals surface area contributed by atoms with Crippen molar-refractivity contribution in [2.24, 2.45) is 7.05 Å². The molecule has 2 aromatic heterocycles. The summed E-state index contributed by atoms with van der Waals surface area (Å²) in [6.07, 6.45) is 10.8. The molecule has 2 aliphatic rings. The van der Waals surface area contributed by atoms with Gasteiger partial charge in [0.25, 0.3) is 5.91 Å². The predicted octanol–water partition coefficient (Wildman–Crippen LogP) is 6.21. The Morgan fingerprint density at radius 1 is 1.02 bits per heavy atom. The Bertz CT molecular complexity index is 1670. The molecule has 0 radical (unpaired) electrons. The summed E-state index contributed by atoms with van der Waals surface area (Å²) in [6, 6.07) is 10.0. The minimum absolute atomic E-state index is 0.0396. The van der Waals surface area contributed by atoms with Crippen molar-refractivity contribution in [3.8, 4) is 23.0 Å². The zero-order chi connectivity index (χ0) is 32.6. The normalized spacial score (nSPS) is 16.1. The SMILES string of the molecule is COc1cc2c(Oc3ccc(Nc4nn(C)cc4C(=O)NC4CCCCCC4)cc3F)ccnc2cc1OCCCN1CCOCC1. The highest BCUT2D eigenvalue weighted by molar-refractivity contribution is 5.99. The van der Waals surface area contributed by atoms with Crippen LogP contribution in [-0.2, 0) is 11.8 Å². The van der Waals surface area contributed by atoms with E-state index in [0.29, 0.717) is 51.8 Å². The summed E-state index contributed by atoms with van der Waals surface area (Å²) in [6.45, 7) is 4.89. The lowest BCUT2D eigenvalue weighted by molar-refractivity contribution is 0.0357. The highest BCUT2D eigenvalue weighted by atomic mass is 19.1. The molecule has 1 aliphatic heterocycles. The molecule has 4 aromatic rings. The lowest BCUT2D eigenvalue weighted by atomic mass is 10.1. The quantitative estimate of drug-likeness (QED) is 0.137. The molecule has 250 valence electrons. The number of aromatic nitrogens is 3. The van der Waals surface area contributed by atoms with Gasteiger partial charge in [-0.25, -0.2) is 4.39 Å². The van der Waals surface area contributed by atoms with Crippen LogP contribution < -0.4 is 24.8 Å². The van der Waals surface area contributed by atoms with E-state index in [0.717, 1.165) is 65.0 Å². The highest BCUT2D eigenvalue weighted by Crippen LogP contribution is 2.38. The van der Waals surface area contributed by atoms with Gasteiger partial charge in [-0.15, -0.1) is 0 Å². The number of benzene rings is 2. The molecule has 1 saturated carbocycles. The number of hydrogen-bond donors (Lipinski definition) is 2. The first-order valence-corrected chi connectivity index (χ1v) is 16.5. The first-order valence-electron chi connectivity index (χ1n) is 16.5. The van der Waals surface area contributed by atoms with Crippen LogP contribution in [0.2, 0.25) is 0 Å². The van der Waals surface area contributed by atoms with Gasteiger partial charge in [0.15, 0.2) is 28.9 Å². The number of nitrogens with one attached hydrogen (secondary N) is 2. The van der Waals surface area contributed by atoms with Gasteiger partial charge < -0.3 is 29.6 Å². The smallest absolute Gasteiger partial charge is 0.256 e. The third kappa shape index (κ3) is 8.30. The summed E-state index contributed by atoms with van der Waals surface area (Å²) in [5.74, 6) is 1.19. The number of carbonyl (C=O) groups excluding carboxylic acids is 1. The van der Waals surface area contributed by atoms with E-state index in [1.807, 2.05) is 6.07 Å². The van der Waals surface area contributed by atoms with Gasteiger partial charge in [-0.3, -0.25) is 19.4 Å². The zero-order valence-corrected chi connectivity index (χ0v) is 27.1. The van der Waals surface area contributed by atoms with Crippen molar-refractivity contribution in [1.29, 1.82) is 0 Å². The fraction of sp³-hybridized carbons (Fsp3) is 0.457. The van der Waals surface area contributed by atoms with Crippen LogP contribution in [0.4, 0.5) is 15.9 Å². The number of halogens is 1. The van der Waals surface area contributed by atoms with E-state index in [-0.39, 0.29) is 17.7 Å². The number of fused-ring (bicyclic) bond motifs is 1. The molecule has 2 N–H and O–H groups in total. The Labute approximate surface area is 274 Å². The first kappa shape index (κ1) is 32.5. The number of hydrogen-bond acceptors (Lipinski definition) is 9. The maximum Gasteiger partial charge on any atom is 0.256 e. The monoisotopic (exact) mass is 646 g/mol. The second-order valence-electron chi connectivity index (χ2n) is 12.1. The lowest BCUT2D eigenvalue weighted by Gasteiger charge is -2.26. The van der Waals surface area contributed by atoms with E-state index in [2.05, 4.69) is 25.6 Å². The standard InChI is InChI=1S/C35H43FN6O5/c1-41-23-27(35(43)39-24-8-5-3-4-6-9-24)34(40-41)38-25-10-11-31(28(36)20-25)47-30-12-13-37-29-22-33(32(44-2)21-26(29)30)46-17-7-14-42-15-18-45-19-16-42/h10-13,20-24H,3-9,14-19H2,1-2H3,(H,38,40)(H,39,43). The van der Waals surface area contributed by atoms with Crippen LogP contribution >= 0.6 is 0 Å². The molecule has 1 amide bonds. The van der Waals surface area contributed by atoms with Crippen molar-refractivity contribution in [3.05, 3.63) is 60.2 Å². The van der Waals surface area contributed by atoms with Crippen LogP contribution in [0.3, 0.4) is 0 Å². The average molecular weight is 647 g/mol. The minimum Gasteiger partial charge on any atom is -0.493 e. The number of anilines is 2. The summed E-state index contributed by atoms with van der Waals surface area (Å²) < 4.78 is 40.2. The van der Waals surface area contributed by atoms with Gasteiger partial charge in [0.1, 0.15) is 11.3 Å². The number of ether oxygens (including phenoxy) is 4. The highest BCUT2D eigenvalue weighted by Gasteiger charge is 2.21. The van der Waals surface area contributed by atoms with Crippen LogP contribution in [0, 0.1) is 5.82 Å².